The van der Waals surface area contributed by atoms with Gasteiger partial charge in [0.2, 0.25) is 0 Å². The lowest BCUT2D eigenvalue weighted by Gasteiger charge is -2.37. The van der Waals surface area contributed by atoms with Crippen LogP contribution >= 0.6 is 11.3 Å². The summed E-state index contributed by atoms with van der Waals surface area (Å²) in [6, 6.07) is 2.84. The molecule has 90 valence electrons. The SMILES string of the molecule is CC(Cc1ccsc1)NC1(C)CCCCC1. The molecule has 1 atom stereocenters. The van der Waals surface area contributed by atoms with E-state index in [0.29, 0.717) is 11.6 Å². The van der Waals surface area contributed by atoms with E-state index in [1.807, 2.05) is 0 Å². The lowest BCUT2D eigenvalue weighted by molar-refractivity contribution is 0.232. The Bertz CT molecular complexity index is 299. The summed E-state index contributed by atoms with van der Waals surface area (Å²) in [6.07, 6.45) is 8.08. The third-order valence-corrected chi connectivity index (χ3v) is 4.41. The second-order valence-corrected chi connectivity index (χ2v) is 6.28. The van der Waals surface area contributed by atoms with Crippen LogP contribution in [0.3, 0.4) is 0 Å². The number of hydrogen-bond acceptors (Lipinski definition) is 2. The maximum absolute atomic E-state index is 3.84. The highest BCUT2D eigenvalue weighted by molar-refractivity contribution is 7.07. The van der Waals surface area contributed by atoms with Gasteiger partial charge in [0.25, 0.3) is 0 Å². The summed E-state index contributed by atoms with van der Waals surface area (Å²) in [4.78, 5) is 0. The second kappa shape index (κ2) is 5.33. The molecule has 1 saturated carbocycles. The smallest absolute Gasteiger partial charge is 0.0155 e. The molecule has 1 nitrogen and oxygen atoms in total. The molecule has 1 N–H and O–H groups in total. The Morgan fingerprint density at radius 2 is 2.12 bits per heavy atom. The first kappa shape index (κ1) is 12.1. The molecule has 1 unspecified atom stereocenters. The molecule has 0 saturated heterocycles. The summed E-state index contributed by atoms with van der Waals surface area (Å²) < 4.78 is 0. The van der Waals surface area contributed by atoms with Crippen molar-refractivity contribution < 1.29 is 0 Å². The molecular weight excluding hydrogens is 214 g/mol. The molecule has 0 spiro atoms. The standard InChI is InChI=1S/C14H23NS/c1-12(10-13-6-9-16-11-13)15-14(2)7-4-3-5-8-14/h6,9,11-12,15H,3-5,7-8,10H2,1-2H3. The van der Waals surface area contributed by atoms with Gasteiger partial charge >= 0.3 is 0 Å². The van der Waals surface area contributed by atoms with E-state index in [0.717, 1.165) is 0 Å². The molecule has 1 aliphatic rings. The largest absolute Gasteiger partial charge is 0.309 e. The van der Waals surface area contributed by atoms with Gasteiger partial charge in [-0.15, -0.1) is 0 Å². The van der Waals surface area contributed by atoms with Crippen molar-refractivity contribution in [2.75, 3.05) is 0 Å². The van der Waals surface area contributed by atoms with E-state index in [1.54, 1.807) is 11.3 Å². The Morgan fingerprint density at radius 1 is 1.38 bits per heavy atom. The molecule has 1 heterocycles. The van der Waals surface area contributed by atoms with Gasteiger partial charge in [-0.2, -0.15) is 11.3 Å². The van der Waals surface area contributed by atoms with E-state index in [-0.39, 0.29) is 0 Å². The summed E-state index contributed by atoms with van der Waals surface area (Å²) in [5.74, 6) is 0. The van der Waals surface area contributed by atoms with Crippen molar-refractivity contribution in [2.45, 2.75) is 64.0 Å². The van der Waals surface area contributed by atoms with Crippen LogP contribution in [0.2, 0.25) is 0 Å². The summed E-state index contributed by atoms with van der Waals surface area (Å²) in [5, 5.41) is 8.27. The molecule has 1 fully saturated rings. The Labute approximate surface area is 103 Å². The fraction of sp³-hybridized carbons (Fsp3) is 0.714. The van der Waals surface area contributed by atoms with Gasteiger partial charge in [-0.05, 0) is 55.5 Å². The van der Waals surface area contributed by atoms with Crippen LogP contribution in [0, 0.1) is 0 Å². The zero-order valence-electron chi connectivity index (χ0n) is 10.5. The maximum atomic E-state index is 3.84. The average Bonchev–Trinajstić information content (AvgIpc) is 2.70. The quantitative estimate of drug-likeness (QED) is 0.835. The van der Waals surface area contributed by atoms with Crippen LogP contribution in [-0.2, 0) is 6.42 Å². The molecule has 1 aromatic rings. The molecule has 2 heteroatoms. The van der Waals surface area contributed by atoms with E-state index in [4.69, 9.17) is 0 Å². The minimum Gasteiger partial charge on any atom is -0.309 e. The van der Waals surface area contributed by atoms with Crippen LogP contribution in [0.1, 0.15) is 51.5 Å². The molecule has 0 amide bonds. The Kier molecular flexibility index (Phi) is 4.04. The van der Waals surface area contributed by atoms with Crippen LogP contribution in [0.5, 0.6) is 0 Å². The van der Waals surface area contributed by atoms with Crippen molar-refractivity contribution in [3.05, 3.63) is 22.4 Å². The highest BCUT2D eigenvalue weighted by Crippen LogP contribution is 2.28. The fourth-order valence-corrected chi connectivity index (χ4v) is 3.57. The first-order chi connectivity index (χ1) is 7.68. The third-order valence-electron chi connectivity index (χ3n) is 3.67. The van der Waals surface area contributed by atoms with Crippen molar-refractivity contribution in [1.82, 2.24) is 5.32 Å². The van der Waals surface area contributed by atoms with Gasteiger partial charge in [0, 0.05) is 11.6 Å². The number of hydrogen-bond donors (Lipinski definition) is 1. The summed E-state index contributed by atoms with van der Waals surface area (Å²) in [7, 11) is 0. The molecule has 1 aromatic heterocycles. The summed E-state index contributed by atoms with van der Waals surface area (Å²) >= 11 is 1.80. The van der Waals surface area contributed by atoms with Gasteiger partial charge < -0.3 is 5.32 Å². The first-order valence-electron chi connectivity index (χ1n) is 6.47. The molecule has 0 radical (unpaired) electrons. The second-order valence-electron chi connectivity index (χ2n) is 5.50. The van der Waals surface area contributed by atoms with Gasteiger partial charge in [0.05, 0.1) is 0 Å². The van der Waals surface area contributed by atoms with E-state index in [2.05, 4.69) is 36.0 Å². The van der Waals surface area contributed by atoms with Crippen LogP contribution in [0.4, 0.5) is 0 Å². The van der Waals surface area contributed by atoms with E-state index >= 15 is 0 Å². The van der Waals surface area contributed by atoms with Crippen molar-refractivity contribution >= 4 is 11.3 Å². The molecular formula is C14H23NS. The molecule has 2 rings (SSSR count). The van der Waals surface area contributed by atoms with E-state index < -0.39 is 0 Å². The highest BCUT2D eigenvalue weighted by atomic mass is 32.1. The normalized spacial score (nSPS) is 21.9. The number of thiophene rings is 1. The van der Waals surface area contributed by atoms with Crippen LogP contribution in [-0.4, -0.2) is 11.6 Å². The lowest BCUT2D eigenvalue weighted by atomic mass is 9.82. The number of nitrogens with one attached hydrogen (secondary N) is 1. The van der Waals surface area contributed by atoms with E-state index in [1.165, 1.54) is 44.1 Å². The summed E-state index contributed by atoms with van der Waals surface area (Å²) in [6.45, 7) is 4.72. The topological polar surface area (TPSA) is 12.0 Å². The molecule has 0 aliphatic heterocycles. The van der Waals surface area contributed by atoms with Crippen LogP contribution in [0.15, 0.2) is 16.8 Å². The predicted molar refractivity (Wildman–Crippen MR) is 72.1 cm³/mol. The minimum absolute atomic E-state index is 0.397. The third kappa shape index (κ3) is 3.33. The van der Waals surface area contributed by atoms with Crippen molar-refractivity contribution in [2.24, 2.45) is 0 Å². The average molecular weight is 237 g/mol. The molecule has 0 aromatic carbocycles. The Morgan fingerprint density at radius 3 is 2.75 bits per heavy atom. The van der Waals surface area contributed by atoms with E-state index in [9.17, 15) is 0 Å². The van der Waals surface area contributed by atoms with Crippen LogP contribution in [0.25, 0.3) is 0 Å². The zero-order chi connectivity index (χ0) is 11.4. The minimum atomic E-state index is 0.397. The highest BCUT2D eigenvalue weighted by Gasteiger charge is 2.27. The molecule has 16 heavy (non-hydrogen) atoms. The van der Waals surface area contributed by atoms with Crippen molar-refractivity contribution in [1.29, 1.82) is 0 Å². The lowest BCUT2D eigenvalue weighted by Crippen LogP contribution is -2.48. The van der Waals surface area contributed by atoms with Gasteiger partial charge in [-0.25, -0.2) is 0 Å². The first-order valence-corrected chi connectivity index (χ1v) is 7.41. The van der Waals surface area contributed by atoms with Crippen molar-refractivity contribution in [3.8, 4) is 0 Å². The zero-order valence-corrected chi connectivity index (χ0v) is 11.3. The Balaban J connectivity index is 1.84. The number of rotatable bonds is 4. The van der Waals surface area contributed by atoms with Crippen molar-refractivity contribution in [3.63, 3.8) is 0 Å². The molecule has 0 bridgehead atoms. The van der Waals surface area contributed by atoms with Gasteiger partial charge in [0.1, 0.15) is 0 Å². The maximum Gasteiger partial charge on any atom is 0.0155 e. The molecule has 1 aliphatic carbocycles. The monoisotopic (exact) mass is 237 g/mol. The van der Waals surface area contributed by atoms with Gasteiger partial charge in [-0.3, -0.25) is 0 Å². The predicted octanol–water partition coefficient (Wildman–Crippen LogP) is 3.99. The summed E-state index contributed by atoms with van der Waals surface area (Å²) in [5.41, 5.74) is 1.87. The Hall–Kier alpha value is -0.340. The van der Waals surface area contributed by atoms with Gasteiger partial charge in [0.15, 0.2) is 0 Å². The fourth-order valence-electron chi connectivity index (χ4n) is 2.88. The van der Waals surface area contributed by atoms with Crippen LogP contribution < -0.4 is 5.32 Å². The van der Waals surface area contributed by atoms with Gasteiger partial charge in [-0.1, -0.05) is 19.3 Å².